The molecule has 20 atom stereocenters. The largest absolute Gasteiger partial charge is 0.479 e. The predicted molar refractivity (Wildman–Crippen MR) is 146 cm³/mol. The molecule has 4 saturated heterocycles. The van der Waals surface area contributed by atoms with E-state index in [1.807, 2.05) is 0 Å². The molecular weight excluding hydrogens is 712 g/mol. The molecule has 0 radical (unpaired) electrons. The lowest BCUT2D eigenvalue weighted by Crippen LogP contribution is -2.68. The molecule has 25 heteroatoms. The zero-order valence-electron chi connectivity index (χ0n) is 26.2. The summed E-state index contributed by atoms with van der Waals surface area (Å²) in [7, 11) is 2.02. The standard InChI is InChI=1S/C26H38O25/c1-43-11-3(27)8(32)24(49-15(11)19(35)36)46-13-5(29)10(34)26(51-17(13)21(39)40)47-14-6(30)9(33)25(50-18(14)22(41)42)45-12-4(28)7(31)23(44-2)48-16(12)20(37)38/h3-18,23-34H,1-2H3,(H,35,36)(H,37,38)(H,39,40)(H,41,42)/t3-,4?,5?,6+,7-,8?,9?,10?,11-,12-,13-,14-,15?,16+,17+,18?,23+,24+,25+,26+/m0/s1. The van der Waals surface area contributed by atoms with E-state index in [0.717, 1.165) is 14.2 Å². The highest BCUT2D eigenvalue weighted by atomic mass is 16.8. The molecule has 4 aliphatic heterocycles. The number of methoxy groups -OCH3 is 2. The van der Waals surface area contributed by atoms with E-state index in [1.165, 1.54) is 0 Å². The molecular formula is C26H38O25. The Labute approximate surface area is 284 Å². The first-order valence-corrected chi connectivity index (χ1v) is 14.9. The lowest BCUT2D eigenvalue weighted by Gasteiger charge is -2.48. The highest BCUT2D eigenvalue weighted by Gasteiger charge is 2.58. The normalized spacial score (nSPS) is 47.7. The van der Waals surface area contributed by atoms with E-state index in [1.54, 1.807) is 0 Å². The van der Waals surface area contributed by atoms with E-state index in [4.69, 9.17) is 42.6 Å². The van der Waals surface area contributed by atoms with E-state index in [9.17, 15) is 80.5 Å². The van der Waals surface area contributed by atoms with Gasteiger partial charge in [-0.2, -0.15) is 0 Å². The van der Waals surface area contributed by atoms with Crippen LogP contribution in [0.15, 0.2) is 0 Å². The number of hydrogen-bond acceptors (Lipinski definition) is 21. The lowest BCUT2D eigenvalue weighted by molar-refractivity contribution is -0.378. The minimum Gasteiger partial charge on any atom is -0.479 e. The van der Waals surface area contributed by atoms with Crippen molar-refractivity contribution in [3.63, 3.8) is 0 Å². The van der Waals surface area contributed by atoms with Gasteiger partial charge in [-0.25, -0.2) is 19.2 Å². The first kappa shape index (κ1) is 41.0. The first-order valence-electron chi connectivity index (χ1n) is 14.9. The number of rotatable bonds is 12. The molecule has 4 fully saturated rings. The maximum atomic E-state index is 12.2. The summed E-state index contributed by atoms with van der Waals surface area (Å²) in [5.74, 6) is -7.32. The number of aliphatic hydroxyl groups excluding tert-OH is 8. The molecule has 0 aliphatic carbocycles. The Hall–Kier alpha value is -2.80. The number of carboxylic acids is 4. The Morgan fingerprint density at radius 1 is 0.373 bits per heavy atom. The third kappa shape index (κ3) is 8.09. The van der Waals surface area contributed by atoms with Gasteiger partial charge in [0.1, 0.15) is 73.2 Å². The van der Waals surface area contributed by atoms with Crippen LogP contribution in [0.2, 0.25) is 0 Å². The van der Waals surface area contributed by atoms with Crippen LogP contribution in [0, 0.1) is 0 Å². The van der Waals surface area contributed by atoms with Crippen LogP contribution in [-0.2, 0) is 61.8 Å². The fourth-order valence-electron chi connectivity index (χ4n) is 5.86. The highest BCUT2D eigenvalue weighted by Crippen LogP contribution is 2.35. The summed E-state index contributed by atoms with van der Waals surface area (Å²) in [6.45, 7) is 0. The molecule has 12 N–H and O–H groups in total. The minimum absolute atomic E-state index is 1.000. The van der Waals surface area contributed by atoms with Gasteiger partial charge in [0.2, 0.25) is 0 Å². The van der Waals surface area contributed by atoms with Gasteiger partial charge in [0.25, 0.3) is 0 Å². The number of aliphatic hydroxyl groups is 8. The summed E-state index contributed by atoms with van der Waals surface area (Å²) in [5.41, 5.74) is 0. The second kappa shape index (κ2) is 16.5. The molecule has 51 heavy (non-hydrogen) atoms. The third-order valence-corrected chi connectivity index (χ3v) is 8.53. The Balaban J connectivity index is 1.51. The van der Waals surface area contributed by atoms with Crippen molar-refractivity contribution < 1.29 is 123 Å². The van der Waals surface area contributed by atoms with E-state index in [2.05, 4.69) is 0 Å². The second-order valence-electron chi connectivity index (χ2n) is 11.7. The molecule has 25 nitrogen and oxygen atoms in total. The molecule has 0 saturated carbocycles. The molecule has 7 unspecified atom stereocenters. The van der Waals surface area contributed by atoms with Crippen molar-refractivity contribution in [2.75, 3.05) is 14.2 Å². The van der Waals surface area contributed by atoms with Crippen LogP contribution in [0.3, 0.4) is 0 Å². The summed E-state index contributed by atoms with van der Waals surface area (Å²) < 4.78 is 46.0. The molecule has 0 aromatic heterocycles. The Morgan fingerprint density at radius 2 is 0.608 bits per heavy atom. The quantitative estimate of drug-likeness (QED) is 0.0881. The number of carbonyl (C=O) groups is 4. The predicted octanol–water partition coefficient (Wildman–Crippen LogP) is -8.07. The minimum atomic E-state index is -2.40. The Bertz CT molecular complexity index is 1250. The highest BCUT2D eigenvalue weighted by molar-refractivity contribution is 5.75. The summed E-state index contributed by atoms with van der Waals surface area (Å²) in [5, 5.41) is 123. The van der Waals surface area contributed by atoms with Gasteiger partial charge in [-0.05, 0) is 0 Å². The Morgan fingerprint density at radius 3 is 0.863 bits per heavy atom. The summed E-state index contributed by atoms with van der Waals surface area (Å²) in [4.78, 5) is 47.8. The zero-order chi connectivity index (χ0) is 38.2. The SMILES string of the molecule is CO[C@@H]1O[C@@H](C(=O)O)[C@@H](O[C@@H]2OC(C(=O)O)[C@@H](O[C@@H]3O[C@@H](C(=O)O)[C@@H](O[C@@H]4OC(C(=O)O)[C@@H](OC)[C@@H](O)C4O)C(O)C3O)[C@H](O)C2O)C(O)[C@@H]1O. The van der Waals surface area contributed by atoms with Gasteiger partial charge in [0.15, 0.2) is 49.6 Å². The number of hydrogen-bond donors (Lipinski definition) is 12. The topological polar surface area (TPSA) is 394 Å². The second-order valence-corrected chi connectivity index (χ2v) is 11.7. The molecule has 4 aliphatic rings. The van der Waals surface area contributed by atoms with Crippen LogP contribution in [0.25, 0.3) is 0 Å². The van der Waals surface area contributed by atoms with Gasteiger partial charge >= 0.3 is 23.9 Å². The molecule has 0 spiro atoms. The van der Waals surface area contributed by atoms with Gasteiger partial charge in [-0.15, -0.1) is 0 Å². The molecule has 4 heterocycles. The van der Waals surface area contributed by atoms with Crippen molar-refractivity contribution in [2.45, 2.75) is 123 Å². The fraction of sp³-hybridized carbons (Fsp3) is 0.846. The van der Waals surface area contributed by atoms with Crippen molar-refractivity contribution in [2.24, 2.45) is 0 Å². The van der Waals surface area contributed by atoms with E-state index >= 15 is 0 Å². The average molecular weight is 751 g/mol. The fourth-order valence-corrected chi connectivity index (χ4v) is 5.86. The molecule has 0 aromatic carbocycles. The van der Waals surface area contributed by atoms with Crippen molar-refractivity contribution in [1.29, 1.82) is 0 Å². The summed E-state index contributed by atoms with van der Waals surface area (Å²) >= 11 is 0. The number of carboxylic acid groups (broad SMARTS) is 4. The monoisotopic (exact) mass is 750 g/mol. The van der Waals surface area contributed by atoms with Crippen molar-refractivity contribution >= 4 is 23.9 Å². The average Bonchev–Trinajstić information content (AvgIpc) is 3.07. The summed E-state index contributed by atoms with van der Waals surface area (Å²) in [6.07, 6.45) is -43.0. The van der Waals surface area contributed by atoms with Crippen LogP contribution in [0.5, 0.6) is 0 Å². The van der Waals surface area contributed by atoms with Crippen LogP contribution < -0.4 is 0 Å². The zero-order valence-corrected chi connectivity index (χ0v) is 26.2. The van der Waals surface area contributed by atoms with E-state index in [0.29, 0.717) is 0 Å². The van der Waals surface area contributed by atoms with Crippen molar-refractivity contribution in [3.05, 3.63) is 0 Å². The number of aliphatic carboxylic acids is 4. The van der Waals surface area contributed by atoms with E-state index in [-0.39, 0.29) is 0 Å². The Kier molecular flexibility index (Phi) is 13.2. The molecule has 0 aromatic rings. The van der Waals surface area contributed by atoms with Gasteiger partial charge in [0, 0.05) is 14.2 Å². The smallest absolute Gasteiger partial charge is 0.335 e. The van der Waals surface area contributed by atoms with Crippen LogP contribution >= 0.6 is 0 Å². The number of ether oxygens (including phenoxy) is 9. The van der Waals surface area contributed by atoms with Gasteiger partial charge < -0.3 is 104 Å². The molecule has 0 bridgehead atoms. The maximum absolute atomic E-state index is 12.2. The first-order chi connectivity index (χ1) is 23.9. The van der Waals surface area contributed by atoms with Crippen molar-refractivity contribution in [3.8, 4) is 0 Å². The lowest BCUT2D eigenvalue weighted by atomic mass is 9.95. The van der Waals surface area contributed by atoms with Crippen LogP contribution in [-0.4, -0.2) is 222 Å². The maximum Gasteiger partial charge on any atom is 0.335 e. The molecule has 0 amide bonds. The van der Waals surface area contributed by atoms with Gasteiger partial charge in [-0.3, -0.25) is 0 Å². The third-order valence-electron chi connectivity index (χ3n) is 8.53. The molecule has 4 rings (SSSR count). The summed E-state index contributed by atoms with van der Waals surface area (Å²) in [6, 6.07) is 0. The van der Waals surface area contributed by atoms with Crippen LogP contribution in [0.1, 0.15) is 0 Å². The molecule has 292 valence electrons. The van der Waals surface area contributed by atoms with Gasteiger partial charge in [-0.1, -0.05) is 0 Å². The van der Waals surface area contributed by atoms with E-state index < -0.39 is 147 Å². The van der Waals surface area contributed by atoms with Crippen molar-refractivity contribution in [1.82, 2.24) is 0 Å². The van der Waals surface area contributed by atoms with Gasteiger partial charge in [0.05, 0.1) is 0 Å². The van der Waals surface area contributed by atoms with Crippen LogP contribution in [0.4, 0.5) is 0 Å².